The summed E-state index contributed by atoms with van der Waals surface area (Å²) in [6.07, 6.45) is -0.0954. The van der Waals surface area contributed by atoms with Crippen molar-refractivity contribution in [2.24, 2.45) is 5.92 Å². The van der Waals surface area contributed by atoms with Crippen molar-refractivity contribution >= 4 is 40.8 Å². The maximum absolute atomic E-state index is 11.9. The number of nitrogens with zero attached hydrogens (tertiary/aromatic N) is 1. The van der Waals surface area contributed by atoms with Gasteiger partial charge in [0.2, 0.25) is 0 Å². The average Bonchev–Trinajstić information content (AvgIpc) is 2.37. The van der Waals surface area contributed by atoms with Gasteiger partial charge in [0.15, 0.2) is 0 Å². The van der Waals surface area contributed by atoms with Crippen LogP contribution in [0.5, 0.6) is 0 Å². The lowest BCUT2D eigenvalue weighted by molar-refractivity contribution is -0.384. The van der Waals surface area contributed by atoms with Crippen LogP contribution >= 0.6 is 23.2 Å². The molecule has 1 aromatic carbocycles. The molecule has 114 valence electrons. The summed E-state index contributed by atoms with van der Waals surface area (Å²) >= 11 is 11.4. The molecule has 0 aliphatic rings. The summed E-state index contributed by atoms with van der Waals surface area (Å²) in [4.78, 5) is 32.5. The number of nitro benzene ring substituents is 1. The highest BCUT2D eigenvalue weighted by Crippen LogP contribution is 2.33. The molecule has 7 nitrogen and oxygen atoms in total. The van der Waals surface area contributed by atoms with Crippen molar-refractivity contribution in [2.45, 2.75) is 13.3 Å². The first-order valence-electron chi connectivity index (χ1n) is 5.85. The highest BCUT2D eigenvalue weighted by atomic mass is 35.5. The van der Waals surface area contributed by atoms with Crippen LogP contribution in [0.25, 0.3) is 0 Å². The zero-order chi connectivity index (χ0) is 16.2. The van der Waals surface area contributed by atoms with E-state index in [1.807, 2.05) is 0 Å². The van der Waals surface area contributed by atoms with Crippen LogP contribution in [0.3, 0.4) is 0 Å². The first kappa shape index (κ1) is 17.2. The number of aliphatic carboxylic acids is 1. The fourth-order valence-corrected chi connectivity index (χ4v) is 1.97. The number of nitro groups is 1. The Hall–Kier alpha value is -1.86. The number of carboxylic acid groups (broad SMARTS) is 1. The molecule has 0 aliphatic heterocycles. The van der Waals surface area contributed by atoms with E-state index in [1.165, 1.54) is 6.07 Å². The van der Waals surface area contributed by atoms with Crippen molar-refractivity contribution in [1.82, 2.24) is 5.32 Å². The molecule has 0 fully saturated rings. The Balaban J connectivity index is 2.84. The second kappa shape index (κ2) is 7.24. The van der Waals surface area contributed by atoms with Gasteiger partial charge in [-0.3, -0.25) is 19.7 Å². The van der Waals surface area contributed by atoms with Crippen LogP contribution in [0, 0.1) is 16.0 Å². The number of benzene rings is 1. The van der Waals surface area contributed by atoms with Crippen LogP contribution in [0.4, 0.5) is 5.69 Å². The van der Waals surface area contributed by atoms with Crippen molar-refractivity contribution in [2.75, 3.05) is 6.54 Å². The SMILES string of the molecule is CC(CNC(=O)c1cc(Cl)c(Cl)c([N+](=O)[O-])c1)CC(=O)O. The van der Waals surface area contributed by atoms with Gasteiger partial charge < -0.3 is 10.4 Å². The minimum absolute atomic E-state index is 0.0152. The van der Waals surface area contributed by atoms with Crippen molar-refractivity contribution in [3.05, 3.63) is 37.9 Å². The first-order chi connectivity index (χ1) is 9.72. The van der Waals surface area contributed by atoms with Gasteiger partial charge in [0.1, 0.15) is 5.02 Å². The molecule has 0 heterocycles. The van der Waals surface area contributed by atoms with Gasteiger partial charge in [-0.15, -0.1) is 0 Å². The summed E-state index contributed by atoms with van der Waals surface area (Å²) in [5.74, 6) is -1.83. The number of nitrogens with one attached hydrogen (secondary N) is 1. The van der Waals surface area contributed by atoms with E-state index in [-0.39, 0.29) is 34.5 Å². The first-order valence-corrected chi connectivity index (χ1v) is 6.61. The summed E-state index contributed by atoms with van der Waals surface area (Å²) in [5, 5.41) is 21.6. The number of carbonyl (C=O) groups excluding carboxylic acids is 1. The zero-order valence-corrected chi connectivity index (χ0v) is 12.4. The summed E-state index contributed by atoms with van der Waals surface area (Å²) in [7, 11) is 0. The molecule has 2 N–H and O–H groups in total. The fourth-order valence-electron chi connectivity index (χ4n) is 1.58. The number of hydrogen-bond donors (Lipinski definition) is 2. The van der Waals surface area contributed by atoms with Crippen LogP contribution in [-0.2, 0) is 4.79 Å². The van der Waals surface area contributed by atoms with E-state index < -0.39 is 22.5 Å². The van der Waals surface area contributed by atoms with E-state index >= 15 is 0 Å². The highest BCUT2D eigenvalue weighted by Gasteiger charge is 2.20. The molecular formula is C12H12Cl2N2O5. The Kier molecular flexibility index (Phi) is 5.92. The standard InChI is InChI=1S/C12H12Cl2N2O5/c1-6(2-10(17)18)5-15-12(19)7-3-8(13)11(14)9(4-7)16(20)21/h3-4,6H,2,5H2,1H3,(H,15,19)(H,17,18). The van der Waals surface area contributed by atoms with Gasteiger partial charge in [0.05, 0.1) is 9.95 Å². The van der Waals surface area contributed by atoms with Crippen molar-refractivity contribution in [3.8, 4) is 0 Å². The number of amides is 1. The lowest BCUT2D eigenvalue weighted by Crippen LogP contribution is -2.29. The number of carbonyl (C=O) groups is 2. The minimum Gasteiger partial charge on any atom is -0.481 e. The molecule has 0 radical (unpaired) electrons. The van der Waals surface area contributed by atoms with E-state index in [1.54, 1.807) is 6.92 Å². The Morgan fingerprint density at radius 3 is 2.57 bits per heavy atom. The number of carboxylic acids is 1. The Morgan fingerprint density at radius 1 is 1.43 bits per heavy atom. The molecule has 1 amide bonds. The van der Waals surface area contributed by atoms with Crippen LogP contribution in [0.1, 0.15) is 23.7 Å². The molecule has 9 heteroatoms. The van der Waals surface area contributed by atoms with E-state index in [4.69, 9.17) is 28.3 Å². The fraction of sp³-hybridized carbons (Fsp3) is 0.333. The predicted octanol–water partition coefficient (Wildman–Crippen LogP) is 2.74. The summed E-state index contributed by atoms with van der Waals surface area (Å²) in [5.41, 5.74) is -0.480. The molecule has 0 aliphatic carbocycles. The molecule has 0 spiro atoms. The molecule has 1 rings (SSSR count). The molecule has 0 bridgehead atoms. The molecule has 0 saturated carbocycles. The summed E-state index contributed by atoms with van der Waals surface area (Å²) in [6, 6.07) is 2.24. The van der Waals surface area contributed by atoms with Crippen molar-refractivity contribution in [1.29, 1.82) is 0 Å². The van der Waals surface area contributed by atoms with Gasteiger partial charge in [-0.25, -0.2) is 0 Å². The average molecular weight is 335 g/mol. The predicted molar refractivity (Wildman–Crippen MR) is 76.9 cm³/mol. The summed E-state index contributed by atoms with van der Waals surface area (Å²) in [6.45, 7) is 1.78. The monoisotopic (exact) mass is 334 g/mol. The van der Waals surface area contributed by atoms with Gasteiger partial charge in [-0.05, 0) is 12.0 Å². The van der Waals surface area contributed by atoms with E-state index in [2.05, 4.69) is 5.32 Å². The van der Waals surface area contributed by atoms with E-state index in [0.717, 1.165) is 6.07 Å². The second-order valence-electron chi connectivity index (χ2n) is 4.46. The van der Waals surface area contributed by atoms with Gasteiger partial charge >= 0.3 is 5.97 Å². The van der Waals surface area contributed by atoms with Crippen molar-refractivity contribution < 1.29 is 19.6 Å². The third kappa shape index (κ3) is 4.87. The topological polar surface area (TPSA) is 110 Å². The second-order valence-corrected chi connectivity index (χ2v) is 5.25. The third-order valence-corrected chi connectivity index (χ3v) is 3.39. The largest absolute Gasteiger partial charge is 0.481 e. The van der Waals surface area contributed by atoms with Gasteiger partial charge in [-0.1, -0.05) is 30.1 Å². The minimum atomic E-state index is -0.970. The maximum atomic E-state index is 11.9. The molecule has 1 aromatic rings. The molecular weight excluding hydrogens is 323 g/mol. The number of hydrogen-bond acceptors (Lipinski definition) is 4. The maximum Gasteiger partial charge on any atom is 0.303 e. The Morgan fingerprint density at radius 2 is 2.05 bits per heavy atom. The van der Waals surface area contributed by atoms with E-state index in [0.29, 0.717) is 0 Å². The summed E-state index contributed by atoms with van der Waals surface area (Å²) < 4.78 is 0. The molecule has 1 unspecified atom stereocenters. The van der Waals surface area contributed by atoms with Crippen LogP contribution in [0.15, 0.2) is 12.1 Å². The normalized spacial score (nSPS) is 11.8. The van der Waals surface area contributed by atoms with Gasteiger partial charge in [0.25, 0.3) is 11.6 Å². The van der Waals surface area contributed by atoms with Gasteiger partial charge in [0, 0.05) is 24.6 Å². The quantitative estimate of drug-likeness (QED) is 0.613. The molecule has 21 heavy (non-hydrogen) atoms. The number of halogens is 2. The molecule has 1 atom stereocenters. The Labute approximate surface area is 130 Å². The lowest BCUT2D eigenvalue weighted by Gasteiger charge is -2.10. The number of rotatable bonds is 6. The molecule has 0 aromatic heterocycles. The third-order valence-electron chi connectivity index (χ3n) is 2.60. The van der Waals surface area contributed by atoms with Crippen LogP contribution in [0.2, 0.25) is 10.0 Å². The zero-order valence-electron chi connectivity index (χ0n) is 10.9. The van der Waals surface area contributed by atoms with Gasteiger partial charge in [-0.2, -0.15) is 0 Å². The smallest absolute Gasteiger partial charge is 0.303 e. The van der Waals surface area contributed by atoms with E-state index in [9.17, 15) is 19.7 Å². The van der Waals surface area contributed by atoms with Crippen LogP contribution in [-0.4, -0.2) is 28.5 Å². The van der Waals surface area contributed by atoms with Crippen molar-refractivity contribution in [3.63, 3.8) is 0 Å². The highest BCUT2D eigenvalue weighted by molar-refractivity contribution is 6.43. The molecule has 0 saturated heterocycles. The Bertz CT molecular complexity index is 591. The lowest BCUT2D eigenvalue weighted by atomic mass is 10.1. The van der Waals surface area contributed by atoms with Crippen LogP contribution < -0.4 is 5.32 Å².